The Morgan fingerprint density at radius 1 is 0.532 bits per heavy atom. The number of rotatable bonds is 0. The van der Waals surface area contributed by atoms with E-state index in [0.717, 1.165) is 113 Å². The molecule has 1 aliphatic heterocycles. The number of halogens is 7. The number of ketones is 2. The zero-order valence-corrected chi connectivity index (χ0v) is 46.6. The number of hydrogen-bond acceptors (Lipinski definition) is 4. The third kappa shape index (κ3) is 9.68. The molecule has 3 aromatic rings. The lowest BCUT2D eigenvalue weighted by Crippen LogP contribution is -2.44. The van der Waals surface area contributed by atoms with E-state index in [-0.39, 0.29) is 51.5 Å². The SMILES string of the molecule is C1CCOC1.[C-]#[N+]c1ccc2c(c1C(F)(F)F)CCC1C2CC[C@@]2(C)C1CC[C@@H]2O.[C-]#[N+]c1ccc2c(c1C(F)(F)F)CCC1C2CC[C@]2(C)C(=O)CCC12.[C-]#[N+]c1ccc2c(c1I)CCC1C2CC[C@]2(C)C(=O)CCC12. The van der Waals surface area contributed by atoms with Crippen molar-refractivity contribution in [2.45, 2.75) is 185 Å². The number of benzene rings is 3. The molecule has 77 heavy (non-hydrogen) atoms. The molecule has 6 saturated carbocycles. The minimum atomic E-state index is -4.50. The smallest absolute Gasteiger partial charge is 0.393 e. The van der Waals surface area contributed by atoms with Crippen LogP contribution in [-0.2, 0) is 45.9 Å². The number of carbonyl (C=O) groups is 2. The van der Waals surface area contributed by atoms with E-state index in [1.54, 1.807) is 12.1 Å². The minimum Gasteiger partial charge on any atom is -0.393 e. The van der Waals surface area contributed by atoms with Crippen LogP contribution in [0.4, 0.5) is 43.4 Å². The molecule has 0 spiro atoms. The molecule has 1 heterocycles. The predicted octanol–water partition coefficient (Wildman–Crippen LogP) is 17.2. The van der Waals surface area contributed by atoms with Gasteiger partial charge in [-0.2, -0.15) is 26.3 Å². The summed E-state index contributed by atoms with van der Waals surface area (Å²) in [6.45, 7) is 30.0. The number of Topliss-reactive ketones (excluding diaryl/α,β-unsaturated/α-hetero) is 2. The first-order valence-corrected chi connectivity index (χ1v) is 29.4. The van der Waals surface area contributed by atoms with E-state index in [2.05, 4.69) is 64.0 Å². The maximum Gasteiger partial charge on any atom is 0.407 e. The second-order valence-corrected chi connectivity index (χ2v) is 26.0. The van der Waals surface area contributed by atoms with Crippen molar-refractivity contribution in [3.05, 3.63) is 119 Å². The van der Waals surface area contributed by atoms with Crippen LogP contribution in [0.2, 0.25) is 0 Å². The van der Waals surface area contributed by atoms with Gasteiger partial charge in [-0.05, 0) is 208 Å². The minimum absolute atomic E-state index is 0.0394. The highest BCUT2D eigenvalue weighted by Crippen LogP contribution is 2.64. The topological polar surface area (TPSA) is 76.7 Å². The van der Waals surface area contributed by atoms with Gasteiger partial charge in [0, 0.05) is 40.5 Å². The Bertz CT molecular complexity index is 2940. The summed E-state index contributed by atoms with van der Waals surface area (Å²) < 4.78 is 87.7. The van der Waals surface area contributed by atoms with E-state index in [1.165, 1.54) is 46.1 Å². The van der Waals surface area contributed by atoms with Gasteiger partial charge in [-0.3, -0.25) is 9.59 Å². The van der Waals surface area contributed by atoms with Crippen molar-refractivity contribution < 1.29 is 45.8 Å². The molecular formula is C63H70F6IN3O4. The Hall–Kier alpha value is -4.30. The second kappa shape index (κ2) is 21.3. The highest BCUT2D eigenvalue weighted by atomic mass is 127. The number of alkyl halides is 6. The molecule has 0 amide bonds. The second-order valence-electron chi connectivity index (χ2n) is 24.9. The van der Waals surface area contributed by atoms with Crippen molar-refractivity contribution >= 4 is 51.2 Å². The Kier molecular flexibility index (Phi) is 15.5. The molecular weight excluding hydrogens is 1100 g/mol. The standard InChI is InChI=1S/C20H22F3NO.C20H20F3NO.C19H20INO.C4H8O/c2*1-19-10-9-12-11-5-7-16(24-2)18(20(21,22)23)14(11)4-3-13(12)15(19)6-8-17(19)25;1-19-10-9-12-11-5-7-16(21-2)18(20)14(11)4-3-13(12)15(19)6-8-17(19)22;1-2-4-5-3-1/h5,7,12-13,15,17,25H,3-4,6,8-10H2,1H3;5,7,12-13,15H,3-4,6,8-10H2,1H3;5,7,12-13,15H,3-4,6,8-10H2,1H3;1-4H2/t12?,13?,15?,17-,19-;2*12?,13?,15?,19-;/m000./s1. The lowest BCUT2D eigenvalue weighted by atomic mass is 9.55. The molecule has 9 unspecified atom stereocenters. The molecule has 0 bridgehead atoms. The summed E-state index contributed by atoms with van der Waals surface area (Å²) >= 11 is 2.36. The first-order valence-electron chi connectivity index (χ1n) is 28.3. The molecule has 0 aromatic heterocycles. The molecule has 14 heteroatoms. The van der Waals surface area contributed by atoms with Gasteiger partial charge >= 0.3 is 12.4 Å². The number of aliphatic hydroxyl groups excluding tert-OH is 1. The van der Waals surface area contributed by atoms with Gasteiger partial charge in [0.25, 0.3) is 0 Å². The fourth-order valence-electron chi connectivity index (χ4n) is 17.9. The number of fused-ring (bicyclic) bond motifs is 15. The zero-order valence-electron chi connectivity index (χ0n) is 44.5. The van der Waals surface area contributed by atoms with Crippen LogP contribution in [-0.4, -0.2) is 36.0 Å². The number of nitrogens with zero attached hydrogens (tertiary/aromatic N) is 3. The van der Waals surface area contributed by atoms with Gasteiger partial charge in [-0.25, -0.2) is 14.5 Å². The van der Waals surface area contributed by atoms with Gasteiger partial charge in [-0.15, -0.1) is 0 Å². The first-order chi connectivity index (χ1) is 36.6. The molecule has 410 valence electrons. The van der Waals surface area contributed by atoms with Crippen LogP contribution in [0.3, 0.4) is 0 Å². The van der Waals surface area contributed by atoms with Crippen molar-refractivity contribution in [3.8, 4) is 0 Å². The molecule has 10 aliphatic rings. The fourth-order valence-corrected chi connectivity index (χ4v) is 18.7. The quantitative estimate of drug-likeness (QED) is 0.138. The maximum atomic E-state index is 13.6. The van der Waals surface area contributed by atoms with Crippen LogP contribution in [0, 0.1) is 75.0 Å². The van der Waals surface area contributed by atoms with Crippen LogP contribution in [0.1, 0.15) is 192 Å². The molecule has 13 atom stereocenters. The lowest BCUT2D eigenvalue weighted by molar-refractivity contribution is -0.138. The van der Waals surface area contributed by atoms with Gasteiger partial charge in [0.15, 0.2) is 11.4 Å². The predicted molar refractivity (Wildman–Crippen MR) is 291 cm³/mol. The summed E-state index contributed by atoms with van der Waals surface area (Å²) in [4.78, 5) is 34.6. The molecule has 0 radical (unpaired) electrons. The highest BCUT2D eigenvalue weighted by Gasteiger charge is 2.58. The molecule has 1 N–H and O–H groups in total. The summed E-state index contributed by atoms with van der Waals surface area (Å²) in [5.41, 5.74) is 3.56. The maximum absolute atomic E-state index is 13.6. The number of carbonyl (C=O) groups excluding carboxylic acids is 2. The van der Waals surface area contributed by atoms with E-state index in [4.69, 9.17) is 24.5 Å². The third-order valence-corrected chi connectivity index (χ3v) is 22.9. The van der Waals surface area contributed by atoms with Crippen molar-refractivity contribution in [1.29, 1.82) is 0 Å². The zero-order chi connectivity index (χ0) is 55.0. The van der Waals surface area contributed by atoms with Gasteiger partial charge in [0.05, 0.1) is 36.9 Å². The van der Waals surface area contributed by atoms with Crippen LogP contribution >= 0.6 is 22.6 Å². The van der Waals surface area contributed by atoms with Gasteiger partial charge in [-0.1, -0.05) is 79.8 Å². The molecule has 3 aromatic carbocycles. The summed E-state index contributed by atoms with van der Waals surface area (Å²) in [5.74, 6) is 4.27. The van der Waals surface area contributed by atoms with E-state index >= 15 is 0 Å². The van der Waals surface area contributed by atoms with E-state index < -0.39 is 23.5 Å². The molecule has 9 aliphatic carbocycles. The normalized spacial score (nSPS) is 35.0. The van der Waals surface area contributed by atoms with E-state index in [1.807, 2.05) is 6.07 Å². The molecule has 13 rings (SSSR count). The van der Waals surface area contributed by atoms with Gasteiger partial charge < -0.3 is 9.84 Å². The third-order valence-electron chi connectivity index (χ3n) is 21.7. The number of aliphatic hydroxyl groups is 1. The van der Waals surface area contributed by atoms with Crippen LogP contribution in [0.25, 0.3) is 14.5 Å². The average molecular weight is 1170 g/mol. The van der Waals surface area contributed by atoms with E-state index in [9.17, 15) is 41.0 Å². The Morgan fingerprint density at radius 3 is 1.35 bits per heavy atom. The van der Waals surface area contributed by atoms with E-state index in [0.29, 0.717) is 83.9 Å². The lowest BCUT2D eigenvalue weighted by Gasteiger charge is -2.50. The van der Waals surface area contributed by atoms with Crippen molar-refractivity contribution in [3.63, 3.8) is 0 Å². The Balaban J connectivity index is 0.000000125. The van der Waals surface area contributed by atoms with Gasteiger partial charge in [0.1, 0.15) is 11.6 Å². The van der Waals surface area contributed by atoms with Crippen LogP contribution in [0.5, 0.6) is 0 Å². The summed E-state index contributed by atoms with van der Waals surface area (Å²) in [6.07, 6.45) is 8.33. The monoisotopic (exact) mass is 1170 g/mol. The van der Waals surface area contributed by atoms with Crippen LogP contribution < -0.4 is 0 Å². The highest BCUT2D eigenvalue weighted by molar-refractivity contribution is 14.1. The van der Waals surface area contributed by atoms with Gasteiger partial charge in [0.2, 0.25) is 5.69 Å². The molecule has 7 nitrogen and oxygen atoms in total. The fraction of sp³-hybridized carbons (Fsp3) is 0.635. The molecule has 7 fully saturated rings. The van der Waals surface area contributed by atoms with Crippen LogP contribution in [0.15, 0.2) is 36.4 Å². The Morgan fingerprint density at radius 2 is 0.935 bits per heavy atom. The van der Waals surface area contributed by atoms with Crippen molar-refractivity contribution in [1.82, 2.24) is 0 Å². The summed E-state index contributed by atoms with van der Waals surface area (Å²) in [6, 6.07) is 10.4. The van der Waals surface area contributed by atoms with Crippen molar-refractivity contribution in [2.75, 3.05) is 13.2 Å². The summed E-state index contributed by atoms with van der Waals surface area (Å²) in [5, 5.41) is 10.4. The average Bonchev–Trinajstić information content (AvgIpc) is 4.37. The molecule has 1 saturated heterocycles. The summed E-state index contributed by atoms with van der Waals surface area (Å²) in [7, 11) is 0. The Labute approximate surface area is 463 Å². The largest absolute Gasteiger partial charge is 0.407 e. The van der Waals surface area contributed by atoms with Crippen molar-refractivity contribution in [2.24, 2.45) is 51.8 Å². The number of hydrogen-bond donors (Lipinski definition) is 1. The first kappa shape index (κ1) is 56.0. The number of ether oxygens (including phenoxy) is 1.